The Kier molecular flexibility index (Phi) is 5.14. The van der Waals surface area contributed by atoms with E-state index in [2.05, 4.69) is 25.5 Å². The van der Waals surface area contributed by atoms with Crippen LogP contribution in [-0.4, -0.2) is 0 Å². The smallest absolute Gasteiger partial charge is 0.0348 e. The summed E-state index contributed by atoms with van der Waals surface area (Å²) in [7, 11) is 0. The van der Waals surface area contributed by atoms with Crippen molar-refractivity contribution >= 4 is 0 Å². The molecule has 0 heteroatoms. The first-order chi connectivity index (χ1) is 5.93. The molecule has 1 unspecified atom stereocenters. The van der Waals surface area contributed by atoms with Crippen LogP contribution in [0.15, 0.2) is 12.2 Å². The Labute approximate surface area is 77.1 Å². The van der Waals surface area contributed by atoms with E-state index in [0.717, 1.165) is 5.92 Å². The fourth-order valence-electron chi connectivity index (χ4n) is 1.83. The SMILES string of the molecule is CCC[CH]C1CC/C=C\CCC1. The highest BCUT2D eigenvalue weighted by Gasteiger charge is 2.08. The molecule has 0 aromatic rings. The fraction of sp³-hybridized carbons (Fsp3) is 0.750. The molecule has 1 aliphatic rings. The molecule has 0 heterocycles. The molecule has 0 nitrogen and oxygen atoms in total. The van der Waals surface area contributed by atoms with E-state index in [1.807, 2.05) is 0 Å². The van der Waals surface area contributed by atoms with E-state index < -0.39 is 0 Å². The van der Waals surface area contributed by atoms with Crippen LogP contribution in [0.5, 0.6) is 0 Å². The maximum absolute atomic E-state index is 2.54. The molecule has 0 amide bonds. The molecular formula is C12H21. The zero-order valence-electron chi connectivity index (χ0n) is 8.26. The minimum Gasteiger partial charge on any atom is -0.0885 e. The van der Waals surface area contributed by atoms with Crippen LogP contribution in [0, 0.1) is 12.3 Å². The predicted octanol–water partition coefficient (Wildman–Crippen LogP) is 4.13. The molecule has 0 aromatic carbocycles. The van der Waals surface area contributed by atoms with Gasteiger partial charge in [-0.2, -0.15) is 0 Å². The normalized spacial score (nSPS) is 27.6. The van der Waals surface area contributed by atoms with Crippen LogP contribution in [-0.2, 0) is 0 Å². The summed E-state index contributed by atoms with van der Waals surface area (Å²) in [6.07, 6.45) is 16.7. The van der Waals surface area contributed by atoms with Gasteiger partial charge >= 0.3 is 0 Å². The maximum Gasteiger partial charge on any atom is -0.0348 e. The second kappa shape index (κ2) is 6.28. The van der Waals surface area contributed by atoms with Gasteiger partial charge in [-0.1, -0.05) is 31.9 Å². The number of hydrogen-bond acceptors (Lipinski definition) is 0. The highest BCUT2D eigenvalue weighted by Crippen LogP contribution is 2.22. The molecule has 0 aliphatic heterocycles. The Morgan fingerprint density at radius 1 is 1.25 bits per heavy atom. The van der Waals surface area contributed by atoms with Gasteiger partial charge in [0, 0.05) is 0 Å². The van der Waals surface area contributed by atoms with Crippen LogP contribution in [0.25, 0.3) is 0 Å². The standard InChI is InChI=1S/C12H21/c1-2-3-9-12-10-7-5-4-6-8-11-12/h4-5,9,12H,2-3,6-8,10-11H2,1H3/b5-4-. The molecule has 1 aliphatic carbocycles. The van der Waals surface area contributed by atoms with Crippen molar-refractivity contribution in [3.8, 4) is 0 Å². The van der Waals surface area contributed by atoms with E-state index in [-0.39, 0.29) is 0 Å². The van der Waals surface area contributed by atoms with Gasteiger partial charge in [-0.15, -0.1) is 0 Å². The van der Waals surface area contributed by atoms with E-state index in [1.165, 1.54) is 44.9 Å². The lowest BCUT2D eigenvalue weighted by Crippen LogP contribution is -2.02. The van der Waals surface area contributed by atoms with Crippen molar-refractivity contribution < 1.29 is 0 Å². The van der Waals surface area contributed by atoms with Gasteiger partial charge in [0.2, 0.25) is 0 Å². The summed E-state index contributed by atoms with van der Waals surface area (Å²) in [4.78, 5) is 0. The van der Waals surface area contributed by atoms with Gasteiger partial charge in [-0.05, 0) is 44.4 Å². The zero-order valence-corrected chi connectivity index (χ0v) is 8.26. The van der Waals surface area contributed by atoms with Gasteiger partial charge in [0.1, 0.15) is 0 Å². The Morgan fingerprint density at radius 2 is 2.08 bits per heavy atom. The van der Waals surface area contributed by atoms with Crippen molar-refractivity contribution in [1.29, 1.82) is 0 Å². The quantitative estimate of drug-likeness (QED) is 0.552. The molecule has 69 valence electrons. The van der Waals surface area contributed by atoms with Crippen LogP contribution >= 0.6 is 0 Å². The molecule has 0 saturated carbocycles. The van der Waals surface area contributed by atoms with Gasteiger partial charge < -0.3 is 0 Å². The van der Waals surface area contributed by atoms with Crippen molar-refractivity contribution in [2.45, 2.75) is 51.9 Å². The van der Waals surface area contributed by atoms with E-state index >= 15 is 0 Å². The Morgan fingerprint density at radius 3 is 2.92 bits per heavy atom. The second-order valence-corrected chi connectivity index (χ2v) is 3.76. The number of rotatable bonds is 3. The number of hydrogen-bond donors (Lipinski definition) is 0. The first-order valence-corrected chi connectivity index (χ1v) is 5.42. The predicted molar refractivity (Wildman–Crippen MR) is 54.9 cm³/mol. The third-order valence-electron chi connectivity index (χ3n) is 2.61. The summed E-state index contributed by atoms with van der Waals surface area (Å²) in [6, 6.07) is 0. The molecule has 12 heavy (non-hydrogen) atoms. The molecule has 1 atom stereocenters. The van der Waals surface area contributed by atoms with Crippen LogP contribution in [0.3, 0.4) is 0 Å². The second-order valence-electron chi connectivity index (χ2n) is 3.76. The summed E-state index contributed by atoms with van der Waals surface area (Å²) in [5.41, 5.74) is 0. The molecule has 0 saturated heterocycles. The largest absolute Gasteiger partial charge is 0.0885 e. The highest BCUT2D eigenvalue weighted by molar-refractivity contribution is 4.88. The van der Waals surface area contributed by atoms with Crippen molar-refractivity contribution in [3.05, 3.63) is 18.6 Å². The highest BCUT2D eigenvalue weighted by atomic mass is 14.1. The Hall–Kier alpha value is -0.260. The maximum atomic E-state index is 2.54. The summed E-state index contributed by atoms with van der Waals surface area (Å²) in [5, 5.41) is 0. The third-order valence-corrected chi connectivity index (χ3v) is 2.61. The van der Waals surface area contributed by atoms with Crippen LogP contribution < -0.4 is 0 Å². The van der Waals surface area contributed by atoms with E-state index in [1.54, 1.807) is 0 Å². The lowest BCUT2D eigenvalue weighted by atomic mass is 9.90. The van der Waals surface area contributed by atoms with Gasteiger partial charge in [-0.3, -0.25) is 0 Å². The first kappa shape index (κ1) is 9.83. The molecular weight excluding hydrogens is 144 g/mol. The molecule has 0 fully saturated rings. The van der Waals surface area contributed by atoms with Crippen molar-refractivity contribution in [2.24, 2.45) is 5.92 Å². The molecule has 0 aromatic heterocycles. The molecule has 0 bridgehead atoms. The van der Waals surface area contributed by atoms with Crippen LogP contribution in [0.1, 0.15) is 51.9 Å². The van der Waals surface area contributed by atoms with Crippen LogP contribution in [0.2, 0.25) is 0 Å². The summed E-state index contributed by atoms with van der Waals surface area (Å²) < 4.78 is 0. The van der Waals surface area contributed by atoms with Crippen LogP contribution in [0.4, 0.5) is 0 Å². The third kappa shape index (κ3) is 3.94. The lowest BCUT2D eigenvalue weighted by molar-refractivity contribution is 0.475. The summed E-state index contributed by atoms with van der Waals surface area (Å²) in [5.74, 6) is 0.912. The van der Waals surface area contributed by atoms with Gasteiger partial charge in [-0.25, -0.2) is 0 Å². The van der Waals surface area contributed by atoms with Gasteiger partial charge in [0.15, 0.2) is 0 Å². The Balaban J connectivity index is 2.18. The molecule has 1 rings (SSSR count). The van der Waals surface area contributed by atoms with E-state index in [9.17, 15) is 0 Å². The van der Waals surface area contributed by atoms with Crippen molar-refractivity contribution in [2.75, 3.05) is 0 Å². The number of unbranched alkanes of at least 4 members (excludes halogenated alkanes) is 1. The van der Waals surface area contributed by atoms with Crippen molar-refractivity contribution in [1.82, 2.24) is 0 Å². The summed E-state index contributed by atoms with van der Waals surface area (Å²) >= 11 is 0. The monoisotopic (exact) mass is 165 g/mol. The molecule has 0 N–H and O–H groups in total. The minimum atomic E-state index is 0.912. The van der Waals surface area contributed by atoms with Gasteiger partial charge in [0.05, 0.1) is 0 Å². The first-order valence-electron chi connectivity index (χ1n) is 5.42. The molecule has 0 spiro atoms. The van der Waals surface area contributed by atoms with E-state index in [4.69, 9.17) is 0 Å². The van der Waals surface area contributed by atoms with E-state index in [0.29, 0.717) is 0 Å². The molecule has 1 radical (unpaired) electrons. The van der Waals surface area contributed by atoms with Crippen molar-refractivity contribution in [3.63, 3.8) is 0 Å². The summed E-state index contributed by atoms with van der Waals surface area (Å²) in [6.45, 7) is 2.26. The average Bonchev–Trinajstić information content (AvgIpc) is 2.02. The lowest BCUT2D eigenvalue weighted by Gasteiger charge is -2.16. The average molecular weight is 165 g/mol. The Bertz CT molecular complexity index is 124. The fourth-order valence-corrected chi connectivity index (χ4v) is 1.83. The van der Waals surface area contributed by atoms with Gasteiger partial charge in [0.25, 0.3) is 0 Å². The minimum absolute atomic E-state index is 0.912. The zero-order chi connectivity index (χ0) is 8.65. The number of allylic oxidation sites excluding steroid dienone is 2. The topological polar surface area (TPSA) is 0 Å².